The molecular formula is C17H14N2O3S. The van der Waals surface area contributed by atoms with Crippen LogP contribution in [0.4, 0.5) is 4.79 Å². The summed E-state index contributed by atoms with van der Waals surface area (Å²) in [6.45, 7) is 0. The summed E-state index contributed by atoms with van der Waals surface area (Å²) in [5, 5.41) is 1.89. The Morgan fingerprint density at radius 1 is 1.00 bits per heavy atom. The van der Waals surface area contributed by atoms with E-state index in [1.165, 1.54) is 22.8 Å². The maximum absolute atomic E-state index is 12.3. The van der Waals surface area contributed by atoms with Crippen molar-refractivity contribution in [1.29, 1.82) is 0 Å². The number of nitrogens with zero attached hydrogens (tertiary/aromatic N) is 1. The number of amides is 1. The predicted octanol–water partition coefficient (Wildman–Crippen LogP) is 3.01. The second-order valence-corrected chi connectivity index (χ2v) is 6.80. The highest BCUT2D eigenvalue weighted by molar-refractivity contribution is 7.94. The SMILES string of the molecule is NC(=O)n1c(/C=C/S(=O)(=O)c2ccccc2)cc2ccccc21. The Kier molecular flexibility index (Phi) is 3.75. The number of hydrogen-bond donors (Lipinski definition) is 1. The number of benzene rings is 2. The van der Waals surface area contributed by atoms with Gasteiger partial charge in [-0.1, -0.05) is 36.4 Å². The van der Waals surface area contributed by atoms with Gasteiger partial charge in [-0.2, -0.15) is 0 Å². The van der Waals surface area contributed by atoms with Gasteiger partial charge in [-0.25, -0.2) is 13.2 Å². The van der Waals surface area contributed by atoms with E-state index in [0.717, 1.165) is 10.8 Å². The lowest BCUT2D eigenvalue weighted by Gasteiger charge is -2.02. The van der Waals surface area contributed by atoms with E-state index in [1.807, 2.05) is 12.1 Å². The first-order chi connectivity index (χ1) is 11.0. The molecule has 0 aliphatic heterocycles. The molecule has 0 saturated heterocycles. The van der Waals surface area contributed by atoms with Crippen LogP contribution in [-0.4, -0.2) is 19.0 Å². The smallest absolute Gasteiger partial charge is 0.323 e. The lowest BCUT2D eigenvalue weighted by atomic mass is 10.2. The Hall–Kier alpha value is -2.86. The lowest BCUT2D eigenvalue weighted by molar-refractivity contribution is 0.251. The lowest BCUT2D eigenvalue weighted by Crippen LogP contribution is -2.20. The minimum Gasteiger partial charge on any atom is -0.351 e. The molecule has 2 N–H and O–H groups in total. The molecule has 6 heteroatoms. The number of rotatable bonds is 3. The summed E-state index contributed by atoms with van der Waals surface area (Å²) in [5.41, 5.74) is 6.47. The zero-order chi connectivity index (χ0) is 16.4. The largest absolute Gasteiger partial charge is 0.351 e. The summed E-state index contributed by atoms with van der Waals surface area (Å²) in [7, 11) is -3.58. The number of nitrogens with two attached hydrogens (primary N) is 1. The van der Waals surface area contributed by atoms with E-state index in [1.54, 1.807) is 36.4 Å². The number of carbonyl (C=O) groups is 1. The fourth-order valence-corrected chi connectivity index (χ4v) is 3.41. The fourth-order valence-electron chi connectivity index (χ4n) is 2.39. The van der Waals surface area contributed by atoms with Crippen molar-refractivity contribution < 1.29 is 13.2 Å². The number of fused-ring (bicyclic) bond motifs is 1. The summed E-state index contributed by atoms with van der Waals surface area (Å²) in [6.07, 6.45) is 1.38. The third-order valence-electron chi connectivity index (χ3n) is 3.45. The Labute approximate surface area is 133 Å². The number of para-hydroxylation sites is 1. The van der Waals surface area contributed by atoms with Crippen LogP contribution in [0.3, 0.4) is 0 Å². The number of carbonyl (C=O) groups excluding carboxylic acids is 1. The zero-order valence-electron chi connectivity index (χ0n) is 12.1. The molecule has 116 valence electrons. The summed E-state index contributed by atoms with van der Waals surface area (Å²) in [4.78, 5) is 11.9. The van der Waals surface area contributed by atoms with Crippen LogP contribution in [0.25, 0.3) is 17.0 Å². The quantitative estimate of drug-likeness (QED) is 0.803. The molecule has 0 atom stereocenters. The average Bonchev–Trinajstić information content (AvgIpc) is 2.92. The molecule has 1 amide bonds. The third-order valence-corrected chi connectivity index (χ3v) is 4.87. The van der Waals surface area contributed by atoms with E-state index < -0.39 is 15.9 Å². The molecule has 1 heterocycles. The van der Waals surface area contributed by atoms with Crippen LogP contribution in [0, 0.1) is 0 Å². The topological polar surface area (TPSA) is 82.2 Å². The molecule has 1 aromatic heterocycles. The average molecular weight is 326 g/mol. The molecule has 3 aromatic rings. The molecule has 0 bridgehead atoms. The third kappa shape index (κ3) is 2.89. The molecule has 5 nitrogen and oxygen atoms in total. The molecule has 0 fully saturated rings. The van der Waals surface area contributed by atoms with E-state index in [2.05, 4.69) is 0 Å². The van der Waals surface area contributed by atoms with Crippen molar-refractivity contribution in [3.8, 4) is 0 Å². The van der Waals surface area contributed by atoms with Crippen molar-refractivity contribution in [1.82, 2.24) is 4.57 Å². The fraction of sp³-hybridized carbons (Fsp3) is 0. The van der Waals surface area contributed by atoms with Gasteiger partial charge in [0.05, 0.1) is 16.1 Å². The van der Waals surface area contributed by atoms with Crippen LogP contribution in [0.15, 0.2) is 71.0 Å². The molecule has 2 aromatic carbocycles. The van der Waals surface area contributed by atoms with Gasteiger partial charge in [-0.3, -0.25) is 4.57 Å². The number of sulfone groups is 1. The van der Waals surface area contributed by atoms with Crippen molar-refractivity contribution in [2.24, 2.45) is 5.73 Å². The van der Waals surface area contributed by atoms with Gasteiger partial charge in [0.2, 0.25) is 0 Å². The number of hydrogen-bond acceptors (Lipinski definition) is 3. The van der Waals surface area contributed by atoms with Gasteiger partial charge < -0.3 is 5.73 Å². The van der Waals surface area contributed by atoms with Crippen LogP contribution >= 0.6 is 0 Å². The predicted molar refractivity (Wildman–Crippen MR) is 89.6 cm³/mol. The van der Waals surface area contributed by atoms with Crippen LogP contribution < -0.4 is 5.73 Å². The number of aromatic nitrogens is 1. The molecule has 0 spiro atoms. The summed E-state index contributed by atoms with van der Waals surface area (Å²) in [5.74, 6) is 0. The maximum atomic E-state index is 12.3. The molecule has 0 aliphatic rings. The van der Waals surface area contributed by atoms with Gasteiger partial charge in [-0.05, 0) is 30.3 Å². The van der Waals surface area contributed by atoms with E-state index in [-0.39, 0.29) is 4.90 Å². The van der Waals surface area contributed by atoms with E-state index in [0.29, 0.717) is 11.2 Å². The normalized spacial score (nSPS) is 12.0. The molecule has 0 radical (unpaired) electrons. The zero-order valence-corrected chi connectivity index (χ0v) is 12.9. The van der Waals surface area contributed by atoms with Gasteiger partial charge in [-0.15, -0.1) is 0 Å². The van der Waals surface area contributed by atoms with Crippen molar-refractivity contribution >= 4 is 32.8 Å². The summed E-state index contributed by atoms with van der Waals surface area (Å²) in [6, 6.07) is 16.3. The van der Waals surface area contributed by atoms with Crippen LogP contribution in [0.2, 0.25) is 0 Å². The molecule has 3 rings (SSSR count). The first kappa shape index (κ1) is 15.1. The second kappa shape index (κ2) is 5.73. The van der Waals surface area contributed by atoms with Crippen LogP contribution in [0.1, 0.15) is 5.69 Å². The highest BCUT2D eigenvalue weighted by Gasteiger charge is 2.13. The first-order valence-corrected chi connectivity index (χ1v) is 8.42. The van der Waals surface area contributed by atoms with Crippen molar-refractivity contribution in [3.05, 3.63) is 71.8 Å². The Balaban J connectivity index is 2.08. The van der Waals surface area contributed by atoms with Gasteiger partial charge >= 0.3 is 6.03 Å². The van der Waals surface area contributed by atoms with Crippen molar-refractivity contribution in [2.75, 3.05) is 0 Å². The molecular weight excluding hydrogens is 312 g/mol. The monoisotopic (exact) mass is 326 g/mol. The Bertz CT molecular complexity index is 1000. The van der Waals surface area contributed by atoms with Crippen molar-refractivity contribution in [2.45, 2.75) is 4.90 Å². The minimum absolute atomic E-state index is 0.193. The highest BCUT2D eigenvalue weighted by Crippen LogP contribution is 2.21. The van der Waals surface area contributed by atoms with E-state index in [4.69, 9.17) is 5.73 Å². The molecule has 23 heavy (non-hydrogen) atoms. The molecule has 0 saturated carbocycles. The highest BCUT2D eigenvalue weighted by atomic mass is 32.2. The van der Waals surface area contributed by atoms with Gasteiger partial charge in [0.1, 0.15) is 0 Å². The van der Waals surface area contributed by atoms with Crippen molar-refractivity contribution in [3.63, 3.8) is 0 Å². The standard InChI is InChI=1S/C17H14N2O3S/c18-17(20)19-14(12-13-6-4-5-9-16(13)19)10-11-23(21,22)15-7-2-1-3-8-15/h1-12H,(H2,18,20)/b11-10+. The molecule has 0 unspecified atom stereocenters. The van der Waals surface area contributed by atoms with Crippen LogP contribution in [-0.2, 0) is 9.84 Å². The van der Waals surface area contributed by atoms with E-state index in [9.17, 15) is 13.2 Å². The Morgan fingerprint density at radius 3 is 2.35 bits per heavy atom. The van der Waals surface area contributed by atoms with E-state index >= 15 is 0 Å². The number of primary amides is 1. The Morgan fingerprint density at radius 2 is 1.65 bits per heavy atom. The minimum atomic E-state index is -3.58. The van der Waals surface area contributed by atoms with Crippen LogP contribution in [0.5, 0.6) is 0 Å². The van der Waals surface area contributed by atoms with Gasteiger partial charge in [0, 0.05) is 10.8 Å². The second-order valence-electron chi connectivity index (χ2n) is 4.96. The summed E-state index contributed by atoms with van der Waals surface area (Å²) < 4.78 is 25.9. The first-order valence-electron chi connectivity index (χ1n) is 6.87. The maximum Gasteiger partial charge on any atom is 0.323 e. The van der Waals surface area contributed by atoms with Gasteiger partial charge in [0.25, 0.3) is 0 Å². The molecule has 0 aliphatic carbocycles. The summed E-state index contributed by atoms with van der Waals surface area (Å²) >= 11 is 0. The van der Waals surface area contributed by atoms with Gasteiger partial charge in [0.15, 0.2) is 9.84 Å².